The highest BCUT2D eigenvalue weighted by Gasteiger charge is 2.27. The topological polar surface area (TPSA) is 71.0 Å². The maximum Gasteiger partial charge on any atom is 0.255 e. The van der Waals surface area contributed by atoms with Crippen molar-refractivity contribution in [2.75, 3.05) is 18.4 Å². The second-order valence-corrected chi connectivity index (χ2v) is 5.14. The Morgan fingerprint density at radius 1 is 1.38 bits per heavy atom. The lowest BCUT2D eigenvalue weighted by Crippen LogP contribution is -2.31. The van der Waals surface area contributed by atoms with Gasteiger partial charge in [0, 0.05) is 43.4 Å². The molecule has 3 heterocycles. The van der Waals surface area contributed by atoms with Gasteiger partial charge in [-0.25, -0.2) is 9.97 Å². The Bertz CT molecular complexity index is 631. The Morgan fingerprint density at radius 2 is 2.29 bits per heavy atom. The maximum atomic E-state index is 12.3. The number of pyridine rings is 1. The second-order valence-electron chi connectivity index (χ2n) is 5.14. The van der Waals surface area contributed by atoms with Crippen LogP contribution in [0.15, 0.2) is 36.8 Å². The van der Waals surface area contributed by atoms with Gasteiger partial charge >= 0.3 is 0 Å². The molecule has 2 aromatic rings. The number of likely N-dealkylation sites (tertiary alicyclic amines) is 1. The van der Waals surface area contributed by atoms with Crippen LogP contribution in [0.1, 0.15) is 22.5 Å². The number of hydrogen-bond donors (Lipinski definition) is 1. The predicted molar refractivity (Wildman–Crippen MR) is 78.9 cm³/mol. The fourth-order valence-corrected chi connectivity index (χ4v) is 2.44. The van der Waals surface area contributed by atoms with Crippen LogP contribution in [0.4, 0.5) is 5.95 Å². The van der Waals surface area contributed by atoms with Crippen LogP contribution < -0.4 is 5.32 Å². The van der Waals surface area contributed by atoms with Crippen LogP contribution in [-0.4, -0.2) is 44.9 Å². The first-order valence-electron chi connectivity index (χ1n) is 6.98. The second kappa shape index (κ2) is 5.87. The van der Waals surface area contributed by atoms with Crippen LogP contribution in [0.3, 0.4) is 0 Å². The highest BCUT2D eigenvalue weighted by atomic mass is 16.2. The van der Waals surface area contributed by atoms with E-state index in [2.05, 4.69) is 20.3 Å². The number of nitrogens with zero attached hydrogens (tertiary/aromatic N) is 4. The third kappa shape index (κ3) is 3.16. The molecule has 1 unspecified atom stereocenters. The van der Waals surface area contributed by atoms with Gasteiger partial charge in [-0.15, -0.1) is 0 Å². The summed E-state index contributed by atoms with van der Waals surface area (Å²) in [7, 11) is 0. The van der Waals surface area contributed by atoms with E-state index in [-0.39, 0.29) is 11.9 Å². The summed E-state index contributed by atoms with van der Waals surface area (Å²) >= 11 is 0. The molecule has 0 aliphatic carbocycles. The molecule has 0 radical (unpaired) electrons. The SMILES string of the molecule is Cc1ccnc(NC2CCN(C(=O)c3cccnc3)C2)n1. The van der Waals surface area contributed by atoms with E-state index in [9.17, 15) is 4.79 Å². The zero-order valence-electron chi connectivity index (χ0n) is 11.9. The van der Waals surface area contributed by atoms with Crippen molar-refractivity contribution in [1.82, 2.24) is 19.9 Å². The Kier molecular flexibility index (Phi) is 3.77. The van der Waals surface area contributed by atoms with E-state index in [0.717, 1.165) is 18.7 Å². The van der Waals surface area contributed by atoms with Gasteiger partial charge in [-0.2, -0.15) is 0 Å². The van der Waals surface area contributed by atoms with E-state index in [0.29, 0.717) is 18.1 Å². The van der Waals surface area contributed by atoms with Crippen LogP contribution in [0.2, 0.25) is 0 Å². The molecule has 108 valence electrons. The van der Waals surface area contributed by atoms with Crippen molar-refractivity contribution in [3.63, 3.8) is 0 Å². The molecule has 0 spiro atoms. The summed E-state index contributed by atoms with van der Waals surface area (Å²) in [5.41, 5.74) is 1.55. The zero-order chi connectivity index (χ0) is 14.7. The van der Waals surface area contributed by atoms with Gasteiger partial charge in [-0.1, -0.05) is 0 Å². The van der Waals surface area contributed by atoms with Gasteiger partial charge in [0.15, 0.2) is 0 Å². The molecule has 6 heteroatoms. The van der Waals surface area contributed by atoms with Crippen LogP contribution in [0.5, 0.6) is 0 Å². The monoisotopic (exact) mass is 283 g/mol. The summed E-state index contributed by atoms with van der Waals surface area (Å²) in [6.45, 7) is 3.32. The van der Waals surface area contributed by atoms with Gasteiger partial charge < -0.3 is 10.2 Å². The van der Waals surface area contributed by atoms with Crippen LogP contribution in [0, 0.1) is 6.92 Å². The largest absolute Gasteiger partial charge is 0.350 e. The number of rotatable bonds is 3. The van der Waals surface area contributed by atoms with Gasteiger partial charge in [0.25, 0.3) is 5.91 Å². The number of carbonyl (C=O) groups excluding carboxylic acids is 1. The number of hydrogen-bond acceptors (Lipinski definition) is 5. The molecular formula is C15H17N5O. The average molecular weight is 283 g/mol. The van der Waals surface area contributed by atoms with E-state index < -0.39 is 0 Å². The first-order valence-corrected chi connectivity index (χ1v) is 6.98. The van der Waals surface area contributed by atoms with E-state index in [1.807, 2.05) is 17.9 Å². The molecular weight excluding hydrogens is 266 g/mol. The van der Waals surface area contributed by atoms with Crippen LogP contribution >= 0.6 is 0 Å². The minimum Gasteiger partial charge on any atom is -0.350 e. The number of aryl methyl sites for hydroxylation is 1. The lowest BCUT2D eigenvalue weighted by molar-refractivity contribution is 0.0791. The van der Waals surface area contributed by atoms with Crippen molar-refractivity contribution >= 4 is 11.9 Å². The zero-order valence-corrected chi connectivity index (χ0v) is 11.9. The molecule has 21 heavy (non-hydrogen) atoms. The van der Waals surface area contributed by atoms with Crippen molar-refractivity contribution in [3.05, 3.63) is 48.0 Å². The predicted octanol–water partition coefficient (Wildman–Crippen LogP) is 1.51. The summed E-state index contributed by atoms with van der Waals surface area (Å²) < 4.78 is 0. The standard InChI is InChI=1S/C15H17N5O/c1-11-4-7-17-15(18-11)19-13-5-8-20(10-13)14(21)12-3-2-6-16-9-12/h2-4,6-7,9,13H,5,8,10H2,1H3,(H,17,18,19). The van der Waals surface area contributed by atoms with E-state index in [4.69, 9.17) is 0 Å². The van der Waals surface area contributed by atoms with Crippen molar-refractivity contribution in [1.29, 1.82) is 0 Å². The van der Waals surface area contributed by atoms with Gasteiger partial charge in [0.1, 0.15) is 0 Å². The molecule has 1 saturated heterocycles. The van der Waals surface area contributed by atoms with E-state index >= 15 is 0 Å². The molecule has 1 N–H and O–H groups in total. The molecule has 1 atom stereocenters. The minimum absolute atomic E-state index is 0.0255. The highest BCUT2D eigenvalue weighted by molar-refractivity contribution is 5.94. The molecule has 1 aliphatic rings. The number of carbonyl (C=O) groups is 1. The molecule has 1 fully saturated rings. The van der Waals surface area contributed by atoms with E-state index in [1.54, 1.807) is 30.7 Å². The van der Waals surface area contributed by atoms with Crippen molar-refractivity contribution in [2.24, 2.45) is 0 Å². The van der Waals surface area contributed by atoms with Crippen LogP contribution in [0.25, 0.3) is 0 Å². The first-order chi connectivity index (χ1) is 10.2. The first kappa shape index (κ1) is 13.5. The quantitative estimate of drug-likeness (QED) is 0.924. The lowest BCUT2D eigenvalue weighted by Gasteiger charge is -2.17. The minimum atomic E-state index is 0.0255. The number of aromatic nitrogens is 3. The van der Waals surface area contributed by atoms with Crippen molar-refractivity contribution in [3.8, 4) is 0 Å². The van der Waals surface area contributed by atoms with Crippen molar-refractivity contribution < 1.29 is 4.79 Å². The normalized spacial score (nSPS) is 17.8. The molecule has 0 aromatic carbocycles. The Hall–Kier alpha value is -2.50. The molecule has 6 nitrogen and oxygen atoms in total. The fraction of sp³-hybridized carbons (Fsp3) is 0.333. The van der Waals surface area contributed by atoms with Gasteiger partial charge in [0.2, 0.25) is 5.95 Å². The van der Waals surface area contributed by atoms with Crippen LogP contribution in [-0.2, 0) is 0 Å². The van der Waals surface area contributed by atoms with Gasteiger partial charge in [-0.05, 0) is 31.5 Å². The van der Waals surface area contributed by atoms with Gasteiger partial charge in [-0.3, -0.25) is 9.78 Å². The highest BCUT2D eigenvalue weighted by Crippen LogP contribution is 2.16. The molecule has 1 aliphatic heterocycles. The van der Waals surface area contributed by atoms with Gasteiger partial charge in [0.05, 0.1) is 5.56 Å². The Labute approximate surface area is 123 Å². The molecule has 2 aromatic heterocycles. The molecule has 0 bridgehead atoms. The summed E-state index contributed by atoms with van der Waals surface area (Å²) in [6.07, 6.45) is 5.90. The third-order valence-corrected chi connectivity index (χ3v) is 3.51. The summed E-state index contributed by atoms with van der Waals surface area (Å²) in [5.74, 6) is 0.647. The van der Waals surface area contributed by atoms with Crippen molar-refractivity contribution in [2.45, 2.75) is 19.4 Å². The number of nitrogens with one attached hydrogen (secondary N) is 1. The summed E-state index contributed by atoms with van der Waals surface area (Å²) in [4.78, 5) is 26.7. The molecule has 1 amide bonds. The Morgan fingerprint density at radius 3 is 3.05 bits per heavy atom. The number of anilines is 1. The summed E-state index contributed by atoms with van der Waals surface area (Å²) in [6, 6.07) is 5.62. The maximum absolute atomic E-state index is 12.3. The van der Waals surface area contributed by atoms with E-state index in [1.165, 1.54) is 0 Å². The lowest BCUT2D eigenvalue weighted by atomic mass is 10.2. The molecule has 0 saturated carbocycles. The Balaban J connectivity index is 1.62. The molecule has 3 rings (SSSR count). The smallest absolute Gasteiger partial charge is 0.255 e. The number of amides is 1. The summed E-state index contributed by atoms with van der Waals surface area (Å²) in [5, 5.41) is 3.29. The third-order valence-electron chi connectivity index (χ3n) is 3.51. The average Bonchev–Trinajstić information content (AvgIpc) is 2.96. The fourth-order valence-electron chi connectivity index (χ4n) is 2.44.